The molecule has 0 fully saturated rings. The first kappa shape index (κ1) is 15.9. The molecule has 0 heterocycles. The van der Waals surface area contributed by atoms with Crippen LogP contribution < -0.4 is 10.5 Å². The molecule has 2 rings (SSSR count). The van der Waals surface area contributed by atoms with E-state index in [1.54, 1.807) is 12.1 Å². The predicted octanol–water partition coefficient (Wildman–Crippen LogP) is 4.13. The van der Waals surface area contributed by atoms with E-state index in [9.17, 15) is 8.78 Å². The summed E-state index contributed by atoms with van der Waals surface area (Å²) in [5, 5.41) is 0. The number of halogens is 3. The Hall–Kier alpha value is -1.53. The second-order valence-corrected chi connectivity index (χ2v) is 5.78. The van der Waals surface area contributed by atoms with E-state index in [1.807, 2.05) is 12.1 Å². The van der Waals surface area contributed by atoms with Gasteiger partial charge in [0.15, 0.2) is 0 Å². The van der Waals surface area contributed by atoms with E-state index >= 15 is 0 Å². The molecule has 2 N–H and O–H groups in total. The minimum Gasteiger partial charge on any atom is -0.489 e. The maximum absolute atomic E-state index is 13.8. The van der Waals surface area contributed by atoms with Crippen molar-refractivity contribution in [1.29, 1.82) is 0 Å². The van der Waals surface area contributed by atoms with Crippen LogP contribution in [0, 0.1) is 11.6 Å². The Morgan fingerprint density at radius 2 is 1.81 bits per heavy atom. The third-order valence-corrected chi connectivity index (χ3v) is 3.58. The SMILES string of the molecule is NC(=S)Cc1ccc(OCc2c(F)ccc(Br)c2F)cc1. The van der Waals surface area contributed by atoms with Crippen molar-refractivity contribution >= 4 is 33.1 Å². The zero-order valence-electron chi connectivity index (χ0n) is 10.9. The normalized spacial score (nSPS) is 10.4. The average molecular weight is 372 g/mol. The van der Waals surface area contributed by atoms with Gasteiger partial charge in [0.05, 0.1) is 15.0 Å². The molecular weight excluding hydrogens is 360 g/mol. The highest BCUT2D eigenvalue weighted by Gasteiger charge is 2.12. The Balaban J connectivity index is 2.07. The lowest BCUT2D eigenvalue weighted by Crippen LogP contribution is -2.10. The maximum Gasteiger partial charge on any atom is 0.146 e. The molecule has 6 heteroatoms. The van der Waals surface area contributed by atoms with Crippen LogP contribution >= 0.6 is 28.1 Å². The van der Waals surface area contributed by atoms with Crippen molar-refractivity contribution in [3.05, 3.63) is 63.6 Å². The molecule has 0 aliphatic rings. The molecular formula is C15H12BrF2NOS. The van der Waals surface area contributed by atoms with Crippen LogP contribution in [0.4, 0.5) is 8.78 Å². The number of ether oxygens (including phenoxy) is 1. The van der Waals surface area contributed by atoms with Gasteiger partial charge in [-0.05, 0) is 45.8 Å². The van der Waals surface area contributed by atoms with Gasteiger partial charge in [-0.15, -0.1) is 0 Å². The first-order chi connectivity index (χ1) is 9.97. The number of hydrogen-bond donors (Lipinski definition) is 1. The van der Waals surface area contributed by atoms with E-state index in [1.165, 1.54) is 12.1 Å². The largest absolute Gasteiger partial charge is 0.489 e. The standard InChI is InChI=1S/C15H12BrF2NOS/c16-12-5-6-13(17)11(15(12)18)8-20-10-3-1-9(2-4-10)7-14(19)21/h1-6H,7-8H2,(H2,19,21). The van der Waals surface area contributed by atoms with Crippen LogP contribution in [0.3, 0.4) is 0 Å². The minimum atomic E-state index is -0.653. The van der Waals surface area contributed by atoms with Gasteiger partial charge in [0.25, 0.3) is 0 Å². The molecule has 2 aromatic rings. The summed E-state index contributed by atoms with van der Waals surface area (Å²) < 4.78 is 33.0. The number of rotatable bonds is 5. The lowest BCUT2D eigenvalue weighted by Gasteiger charge is -2.09. The predicted molar refractivity (Wildman–Crippen MR) is 85.3 cm³/mol. The summed E-state index contributed by atoms with van der Waals surface area (Å²) >= 11 is 7.84. The second-order valence-electron chi connectivity index (χ2n) is 4.40. The van der Waals surface area contributed by atoms with Crippen molar-refractivity contribution in [3.8, 4) is 5.75 Å². The van der Waals surface area contributed by atoms with Crippen LogP contribution in [0.15, 0.2) is 40.9 Å². The molecule has 0 aliphatic heterocycles. The van der Waals surface area contributed by atoms with E-state index in [0.717, 1.165) is 5.56 Å². The van der Waals surface area contributed by atoms with Crippen LogP contribution in [-0.2, 0) is 13.0 Å². The van der Waals surface area contributed by atoms with E-state index < -0.39 is 11.6 Å². The van der Waals surface area contributed by atoms with E-state index in [0.29, 0.717) is 17.2 Å². The molecule has 21 heavy (non-hydrogen) atoms. The van der Waals surface area contributed by atoms with Crippen molar-refractivity contribution in [2.45, 2.75) is 13.0 Å². The first-order valence-corrected chi connectivity index (χ1v) is 7.30. The monoisotopic (exact) mass is 371 g/mol. The smallest absolute Gasteiger partial charge is 0.146 e. The molecule has 2 aromatic carbocycles. The third-order valence-electron chi connectivity index (χ3n) is 2.82. The van der Waals surface area contributed by atoms with Gasteiger partial charge in [-0.1, -0.05) is 24.4 Å². The van der Waals surface area contributed by atoms with Gasteiger partial charge in [0.2, 0.25) is 0 Å². The number of benzene rings is 2. The summed E-state index contributed by atoms with van der Waals surface area (Å²) in [5.74, 6) is -0.777. The van der Waals surface area contributed by atoms with Gasteiger partial charge in [-0.3, -0.25) is 0 Å². The highest BCUT2D eigenvalue weighted by atomic mass is 79.9. The Bertz CT molecular complexity index is 661. The van der Waals surface area contributed by atoms with Crippen LogP contribution in [-0.4, -0.2) is 4.99 Å². The fraction of sp³-hybridized carbons (Fsp3) is 0.133. The van der Waals surface area contributed by atoms with E-state index in [-0.39, 0.29) is 16.6 Å². The van der Waals surface area contributed by atoms with Crippen LogP contribution in [0.1, 0.15) is 11.1 Å². The fourth-order valence-corrected chi connectivity index (χ4v) is 2.30. The number of nitrogens with two attached hydrogens (primary N) is 1. The van der Waals surface area contributed by atoms with Gasteiger partial charge < -0.3 is 10.5 Å². The Labute approximate surface area is 135 Å². The molecule has 110 valence electrons. The van der Waals surface area contributed by atoms with Gasteiger partial charge in [-0.25, -0.2) is 8.78 Å². The molecule has 0 bridgehead atoms. The summed E-state index contributed by atoms with van der Waals surface area (Å²) in [6, 6.07) is 9.54. The van der Waals surface area contributed by atoms with Crippen molar-refractivity contribution in [3.63, 3.8) is 0 Å². The summed E-state index contributed by atoms with van der Waals surface area (Å²) in [6.07, 6.45) is 0.504. The number of hydrogen-bond acceptors (Lipinski definition) is 2. The highest BCUT2D eigenvalue weighted by molar-refractivity contribution is 9.10. The minimum absolute atomic E-state index is 0.114. The molecule has 0 radical (unpaired) electrons. The topological polar surface area (TPSA) is 35.2 Å². The van der Waals surface area contributed by atoms with Crippen molar-refractivity contribution in [2.75, 3.05) is 0 Å². The molecule has 0 aromatic heterocycles. The summed E-state index contributed by atoms with van der Waals surface area (Å²) in [4.78, 5) is 0.405. The summed E-state index contributed by atoms with van der Waals surface area (Å²) in [6.45, 7) is -0.189. The summed E-state index contributed by atoms with van der Waals surface area (Å²) in [5.41, 5.74) is 6.30. The Morgan fingerprint density at radius 3 is 2.43 bits per heavy atom. The van der Waals surface area contributed by atoms with Crippen LogP contribution in [0.2, 0.25) is 0 Å². The quantitative estimate of drug-likeness (QED) is 0.633. The zero-order chi connectivity index (χ0) is 15.4. The molecule has 0 spiro atoms. The molecule has 0 amide bonds. The zero-order valence-corrected chi connectivity index (χ0v) is 13.3. The molecule has 0 aliphatic carbocycles. The van der Waals surface area contributed by atoms with Crippen LogP contribution in [0.25, 0.3) is 0 Å². The third kappa shape index (κ3) is 4.22. The molecule has 0 atom stereocenters. The first-order valence-electron chi connectivity index (χ1n) is 6.10. The van der Waals surface area contributed by atoms with Gasteiger partial charge in [0.1, 0.15) is 24.0 Å². The Kier molecular flexibility index (Phi) is 5.25. The van der Waals surface area contributed by atoms with Gasteiger partial charge >= 0.3 is 0 Å². The fourth-order valence-electron chi connectivity index (χ4n) is 1.76. The molecule has 0 saturated heterocycles. The molecule has 0 saturated carbocycles. The van der Waals surface area contributed by atoms with Crippen molar-refractivity contribution < 1.29 is 13.5 Å². The Morgan fingerprint density at radius 1 is 1.14 bits per heavy atom. The lowest BCUT2D eigenvalue weighted by molar-refractivity contribution is 0.292. The van der Waals surface area contributed by atoms with Crippen molar-refractivity contribution in [2.24, 2.45) is 5.73 Å². The number of thiocarbonyl (C=S) groups is 1. The average Bonchev–Trinajstić information content (AvgIpc) is 2.44. The second kappa shape index (κ2) is 6.95. The maximum atomic E-state index is 13.8. The van der Waals surface area contributed by atoms with E-state index in [4.69, 9.17) is 22.7 Å². The molecule has 0 unspecified atom stereocenters. The summed E-state index contributed by atoms with van der Waals surface area (Å²) in [7, 11) is 0. The highest BCUT2D eigenvalue weighted by Crippen LogP contribution is 2.23. The molecule has 2 nitrogen and oxygen atoms in total. The van der Waals surface area contributed by atoms with Crippen LogP contribution in [0.5, 0.6) is 5.75 Å². The van der Waals surface area contributed by atoms with Gasteiger partial charge in [-0.2, -0.15) is 0 Å². The van der Waals surface area contributed by atoms with Gasteiger partial charge in [0, 0.05) is 6.42 Å². The van der Waals surface area contributed by atoms with E-state index in [2.05, 4.69) is 15.9 Å². The lowest BCUT2D eigenvalue weighted by atomic mass is 10.1. The van der Waals surface area contributed by atoms with Crippen molar-refractivity contribution in [1.82, 2.24) is 0 Å².